The Balaban J connectivity index is 2.65. The van der Waals surface area contributed by atoms with Gasteiger partial charge in [-0.1, -0.05) is 0 Å². The molecule has 0 aliphatic rings. The maximum atomic E-state index is 12.1. The van der Waals surface area contributed by atoms with Gasteiger partial charge in [-0.3, -0.25) is 4.79 Å². The van der Waals surface area contributed by atoms with E-state index in [-0.39, 0.29) is 5.56 Å². The third-order valence-electron chi connectivity index (χ3n) is 2.36. The van der Waals surface area contributed by atoms with Crippen LogP contribution in [0.2, 0.25) is 0 Å². The zero-order chi connectivity index (χ0) is 18.7. The summed E-state index contributed by atoms with van der Waals surface area (Å²) in [6, 6.07) is 3.47. The Bertz CT molecular complexity index is 767. The average molecular weight is 703 g/mol. The van der Waals surface area contributed by atoms with Crippen LogP contribution in [-0.2, 0) is 19.6 Å². The van der Waals surface area contributed by atoms with Crippen LogP contribution in [-0.4, -0.2) is 32.4 Å². The lowest BCUT2D eigenvalue weighted by atomic mass is 10.2. The van der Waals surface area contributed by atoms with Crippen molar-refractivity contribution < 1.29 is 35.9 Å². The van der Waals surface area contributed by atoms with E-state index in [1.54, 1.807) is 12.1 Å². The third kappa shape index (κ3) is 5.82. The molecular formula is C11H7F3I3NO5S. The van der Waals surface area contributed by atoms with Crippen molar-refractivity contribution in [2.45, 2.75) is 11.9 Å². The Morgan fingerprint density at radius 1 is 1.12 bits per heavy atom. The van der Waals surface area contributed by atoms with E-state index in [0.717, 1.165) is 8.29 Å². The highest BCUT2D eigenvalue weighted by Gasteiger charge is 2.46. The van der Waals surface area contributed by atoms with Crippen LogP contribution in [0.25, 0.3) is 0 Å². The molecule has 0 saturated carbocycles. The fraction of sp³-hybridized carbons (Fsp3) is 0.273. The highest BCUT2D eigenvalue weighted by atomic mass is 127. The molecule has 13 heteroatoms. The van der Waals surface area contributed by atoms with Gasteiger partial charge in [0.15, 0.2) is 0 Å². The van der Waals surface area contributed by atoms with Gasteiger partial charge in [0.2, 0.25) is 5.91 Å². The normalized spacial score (nSPS) is 11.9. The monoisotopic (exact) mass is 703 g/mol. The Morgan fingerprint density at radius 3 is 2.21 bits per heavy atom. The lowest BCUT2D eigenvalue weighted by Gasteiger charge is -2.11. The Hall–Kier alpha value is 0.0900. The summed E-state index contributed by atoms with van der Waals surface area (Å²) in [6.45, 7) is -0.560. The molecule has 0 bridgehead atoms. The van der Waals surface area contributed by atoms with Crippen molar-refractivity contribution in [1.82, 2.24) is 4.72 Å². The van der Waals surface area contributed by atoms with Crippen molar-refractivity contribution >= 4 is 89.7 Å². The van der Waals surface area contributed by atoms with Gasteiger partial charge >= 0.3 is 21.5 Å². The molecule has 6 nitrogen and oxygen atoms in total. The summed E-state index contributed by atoms with van der Waals surface area (Å²) in [5.41, 5.74) is -5.32. The SMILES string of the molecule is O=C(CCOC(=O)c1c(I)ccc(I)c1I)NS(=O)(=O)C(F)(F)F. The first kappa shape index (κ1) is 22.1. The predicted molar refractivity (Wildman–Crippen MR) is 103 cm³/mol. The quantitative estimate of drug-likeness (QED) is 0.290. The van der Waals surface area contributed by atoms with Gasteiger partial charge in [0.1, 0.15) is 6.61 Å². The molecule has 0 aromatic heterocycles. The summed E-state index contributed by atoms with van der Waals surface area (Å²) in [4.78, 5) is 23.2. The summed E-state index contributed by atoms with van der Waals surface area (Å²) >= 11 is 5.87. The van der Waals surface area contributed by atoms with E-state index in [2.05, 4.69) is 0 Å². The minimum absolute atomic E-state index is 0.270. The standard InChI is InChI=1S/C11H7F3I3NO5S/c12-11(13,14)24(21,22)18-7(19)3-4-23-10(20)8-5(15)1-2-6(16)9(8)17/h1-2H,3-4H2,(H,18,19). The molecule has 0 radical (unpaired) electrons. The van der Waals surface area contributed by atoms with Crippen LogP contribution in [0.5, 0.6) is 0 Å². The van der Waals surface area contributed by atoms with Gasteiger partial charge in [0.25, 0.3) is 0 Å². The number of halogens is 6. The van der Waals surface area contributed by atoms with Crippen LogP contribution in [0.1, 0.15) is 16.8 Å². The van der Waals surface area contributed by atoms with E-state index in [4.69, 9.17) is 4.74 Å². The number of carbonyl (C=O) groups excluding carboxylic acids is 2. The van der Waals surface area contributed by atoms with E-state index in [1.807, 2.05) is 67.8 Å². The summed E-state index contributed by atoms with van der Waals surface area (Å²) in [5, 5.41) is 0. The molecule has 0 aliphatic heterocycles. The highest BCUT2D eigenvalue weighted by Crippen LogP contribution is 2.25. The first-order valence-corrected chi connectivity index (χ1v) is 10.5. The average Bonchev–Trinajstić information content (AvgIpc) is 2.41. The van der Waals surface area contributed by atoms with Crippen molar-refractivity contribution in [1.29, 1.82) is 0 Å². The minimum atomic E-state index is -5.76. The number of rotatable bonds is 5. The van der Waals surface area contributed by atoms with E-state index in [0.29, 0.717) is 7.14 Å². The zero-order valence-corrected chi connectivity index (χ0v) is 18.6. The number of alkyl halides is 3. The number of amides is 1. The first-order chi connectivity index (χ1) is 10.9. The van der Waals surface area contributed by atoms with Gasteiger partial charge in [0.05, 0.1) is 12.0 Å². The number of ether oxygens (including phenoxy) is 1. The van der Waals surface area contributed by atoms with E-state index < -0.39 is 40.4 Å². The van der Waals surface area contributed by atoms with Crippen molar-refractivity contribution in [3.8, 4) is 0 Å². The molecule has 0 fully saturated rings. The molecule has 0 spiro atoms. The van der Waals surface area contributed by atoms with E-state index >= 15 is 0 Å². The smallest absolute Gasteiger partial charge is 0.461 e. The number of hydrogen-bond acceptors (Lipinski definition) is 5. The van der Waals surface area contributed by atoms with E-state index in [1.165, 1.54) is 0 Å². The summed E-state index contributed by atoms with van der Waals surface area (Å²) in [6.07, 6.45) is -0.724. The van der Waals surface area contributed by atoms with Gasteiger partial charge < -0.3 is 4.74 Å². The van der Waals surface area contributed by atoms with Crippen LogP contribution >= 0.6 is 67.8 Å². The van der Waals surface area contributed by atoms with Crippen molar-refractivity contribution in [2.24, 2.45) is 0 Å². The van der Waals surface area contributed by atoms with Gasteiger partial charge in [0, 0.05) is 10.7 Å². The number of benzene rings is 1. The number of hydrogen-bond donors (Lipinski definition) is 1. The Morgan fingerprint density at radius 2 is 1.67 bits per heavy atom. The molecule has 1 amide bonds. The van der Waals surface area contributed by atoms with Crippen molar-refractivity contribution in [3.05, 3.63) is 28.4 Å². The van der Waals surface area contributed by atoms with E-state index in [9.17, 15) is 31.2 Å². The largest absolute Gasteiger partial charge is 0.516 e. The molecular weight excluding hydrogens is 696 g/mol. The van der Waals surface area contributed by atoms with Crippen molar-refractivity contribution in [3.63, 3.8) is 0 Å². The summed E-state index contributed by atoms with van der Waals surface area (Å²) in [5.74, 6) is -2.18. The van der Waals surface area contributed by atoms with Gasteiger partial charge in [-0.2, -0.15) is 21.6 Å². The number of esters is 1. The summed E-state index contributed by atoms with van der Waals surface area (Å²) < 4.78 is 65.5. The molecule has 1 aromatic rings. The molecule has 0 saturated heterocycles. The minimum Gasteiger partial charge on any atom is -0.461 e. The third-order valence-corrected chi connectivity index (χ3v) is 7.42. The van der Waals surface area contributed by atoms with Gasteiger partial charge in [-0.05, 0) is 79.9 Å². The lowest BCUT2D eigenvalue weighted by molar-refractivity contribution is -0.120. The van der Waals surface area contributed by atoms with Gasteiger partial charge in [-0.15, -0.1) is 0 Å². The molecule has 0 unspecified atom stereocenters. The van der Waals surface area contributed by atoms with Crippen molar-refractivity contribution in [2.75, 3.05) is 6.61 Å². The second-order valence-electron chi connectivity index (χ2n) is 4.08. The van der Waals surface area contributed by atoms with Crippen LogP contribution in [0.15, 0.2) is 12.1 Å². The molecule has 0 aliphatic carbocycles. The van der Waals surface area contributed by atoms with Crippen LogP contribution in [0, 0.1) is 10.7 Å². The lowest BCUT2D eigenvalue weighted by Crippen LogP contribution is -2.40. The number of sulfonamides is 1. The molecule has 1 rings (SSSR count). The second-order valence-corrected chi connectivity index (χ2v) is 9.16. The maximum absolute atomic E-state index is 12.1. The number of nitrogens with one attached hydrogen (secondary N) is 1. The fourth-order valence-electron chi connectivity index (χ4n) is 1.28. The Kier molecular flexibility index (Phi) is 7.98. The predicted octanol–water partition coefficient (Wildman–Crippen LogP) is 3.01. The molecule has 0 atom stereocenters. The second kappa shape index (κ2) is 8.65. The summed E-state index contributed by atoms with van der Waals surface area (Å²) in [7, 11) is -5.76. The van der Waals surface area contributed by atoms with Gasteiger partial charge in [-0.25, -0.2) is 9.52 Å². The Labute approximate surface area is 175 Å². The van der Waals surface area contributed by atoms with Crippen LogP contribution < -0.4 is 4.72 Å². The first-order valence-electron chi connectivity index (χ1n) is 5.79. The van der Waals surface area contributed by atoms with Crippen LogP contribution in [0.4, 0.5) is 13.2 Å². The zero-order valence-electron chi connectivity index (χ0n) is 11.3. The molecule has 0 heterocycles. The number of carbonyl (C=O) groups is 2. The maximum Gasteiger partial charge on any atom is 0.516 e. The molecule has 1 aromatic carbocycles. The molecule has 134 valence electrons. The fourth-order valence-corrected chi connectivity index (χ4v) is 4.12. The molecule has 1 N–H and O–H groups in total. The topological polar surface area (TPSA) is 89.5 Å². The van der Waals surface area contributed by atoms with Crippen LogP contribution in [0.3, 0.4) is 0 Å². The molecule has 24 heavy (non-hydrogen) atoms. The highest BCUT2D eigenvalue weighted by molar-refractivity contribution is 14.1.